The molecule has 1 aromatic carbocycles. The van der Waals surface area contributed by atoms with Gasteiger partial charge in [0.2, 0.25) is 0 Å². The SMILES string of the molecule is Cc1ccncc1CNc1ccc(C(=O)O)c([N+](=O)[O-])c1. The quantitative estimate of drug-likeness (QED) is 0.646. The predicted molar refractivity (Wildman–Crippen MR) is 76.4 cm³/mol. The lowest BCUT2D eigenvalue weighted by molar-refractivity contribution is -0.385. The van der Waals surface area contributed by atoms with Crippen LogP contribution in [-0.2, 0) is 6.54 Å². The van der Waals surface area contributed by atoms with E-state index in [1.807, 2.05) is 13.0 Å². The maximum Gasteiger partial charge on any atom is 0.342 e. The van der Waals surface area contributed by atoms with Crippen LogP contribution in [0.5, 0.6) is 0 Å². The Morgan fingerprint density at radius 2 is 2.19 bits per heavy atom. The van der Waals surface area contributed by atoms with Gasteiger partial charge in [-0.2, -0.15) is 0 Å². The van der Waals surface area contributed by atoms with E-state index in [0.29, 0.717) is 12.2 Å². The number of benzene rings is 1. The Hall–Kier alpha value is -2.96. The predicted octanol–water partition coefficient (Wildman–Crippen LogP) is 2.61. The maximum atomic E-state index is 10.9. The molecular weight excluding hydrogens is 274 g/mol. The van der Waals surface area contributed by atoms with Crippen molar-refractivity contribution >= 4 is 17.3 Å². The number of nitrogens with one attached hydrogen (secondary N) is 1. The van der Waals surface area contributed by atoms with Gasteiger partial charge in [0.05, 0.1) is 4.92 Å². The summed E-state index contributed by atoms with van der Waals surface area (Å²) in [5, 5.41) is 22.9. The summed E-state index contributed by atoms with van der Waals surface area (Å²) >= 11 is 0. The first kappa shape index (κ1) is 14.4. The molecule has 1 heterocycles. The summed E-state index contributed by atoms with van der Waals surface area (Å²) in [6.45, 7) is 2.39. The third kappa shape index (κ3) is 3.33. The highest BCUT2D eigenvalue weighted by molar-refractivity contribution is 5.93. The molecule has 2 aromatic rings. The molecule has 0 amide bonds. The molecule has 7 heteroatoms. The standard InChI is InChI=1S/C14H13N3O4/c1-9-4-5-15-7-10(9)8-16-11-2-3-12(14(18)19)13(6-11)17(20)21/h2-7,16H,8H2,1H3,(H,18,19). The summed E-state index contributed by atoms with van der Waals surface area (Å²) in [5.74, 6) is -1.32. The number of rotatable bonds is 5. The number of carboxylic acids is 1. The molecule has 0 bridgehead atoms. The number of aryl methyl sites for hydroxylation is 1. The molecule has 0 aliphatic carbocycles. The highest BCUT2D eigenvalue weighted by Crippen LogP contribution is 2.23. The van der Waals surface area contributed by atoms with Crippen molar-refractivity contribution in [2.24, 2.45) is 0 Å². The van der Waals surface area contributed by atoms with Crippen LogP contribution in [0.3, 0.4) is 0 Å². The van der Waals surface area contributed by atoms with Gasteiger partial charge in [-0.25, -0.2) is 4.79 Å². The van der Waals surface area contributed by atoms with E-state index < -0.39 is 16.6 Å². The van der Waals surface area contributed by atoms with Crippen LogP contribution in [0.25, 0.3) is 0 Å². The minimum Gasteiger partial charge on any atom is -0.477 e. The summed E-state index contributed by atoms with van der Waals surface area (Å²) in [7, 11) is 0. The fourth-order valence-electron chi connectivity index (χ4n) is 1.85. The minimum absolute atomic E-state index is 0.330. The fourth-order valence-corrected chi connectivity index (χ4v) is 1.85. The van der Waals surface area contributed by atoms with Crippen LogP contribution in [0.1, 0.15) is 21.5 Å². The van der Waals surface area contributed by atoms with E-state index in [0.717, 1.165) is 11.1 Å². The van der Waals surface area contributed by atoms with Crippen LogP contribution in [0, 0.1) is 17.0 Å². The van der Waals surface area contributed by atoms with E-state index in [-0.39, 0.29) is 5.56 Å². The number of anilines is 1. The number of pyridine rings is 1. The van der Waals surface area contributed by atoms with Crippen LogP contribution in [0.15, 0.2) is 36.7 Å². The Morgan fingerprint density at radius 3 is 2.81 bits per heavy atom. The Kier molecular flexibility index (Phi) is 4.13. The monoisotopic (exact) mass is 287 g/mol. The van der Waals surface area contributed by atoms with Gasteiger partial charge in [0.15, 0.2) is 0 Å². The number of nitro benzene ring substituents is 1. The molecule has 0 fully saturated rings. The van der Waals surface area contributed by atoms with Crippen molar-refractivity contribution in [3.63, 3.8) is 0 Å². The van der Waals surface area contributed by atoms with Gasteiger partial charge < -0.3 is 10.4 Å². The number of aromatic nitrogens is 1. The number of hydrogen-bond acceptors (Lipinski definition) is 5. The summed E-state index contributed by atoms with van der Waals surface area (Å²) < 4.78 is 0. The van der Waals surface area contributed by atoms with E-state index in [9.17, 15) is 14.9 Å². The van der Waals surface area contributed by atoms with E-state index in [4.69, 9.17) is 5.11 Å². The Balaban J connectivity index is 2.22. The van der Waals surface area contributed by atoms with Gasteiger partial charge in [-0.1, -0.05) is 0 Å². The number of nitro groups is 1. The van der Waals surface area contributed by atoms with Crippen LogP contribution in [-0.4, -0.2) is 21.0 Å². The molecule has 0 atom stereocenters. The van der Waals surface area contributed by atoms with E-state index >= 15 is 0 Å². The number of hydrogen-bond donors (Lipinski definition) is 2. The van der Waals surface area contributed by atoms with Gasteiger partial charge in [0, 0.05) is 30.7 Å². The molecule has 0 spiro atoms. The minimum atomic E-state index is -1.32. The Bertz CT molecular complexity index is 700. The van der Waals surface area contributed by atoms with Gasteiger partial charge >= 0.3 is 5.97 Å². The van der Waals surface area contributed by atoms with Crippen LogP contribution >= 0.6 is 0 Å². The fraction of sp³-hybridized carbons (Fsp3) is 0.143. The molecule has 108 valence electrons. The third-order valence-electron chi connectivity index (χ3n) is 3.06. The average Bonchev–Trinajstić information content (AvgIpc) is 2.46. The average molecular weight is 287 g/mol. The van der Waals surface area contributed by atoms with E-state index in [1.165, 1.54) is 18.2 Å². The second-order valence-corrected chi connectivity index (χ2v) is 4.45. The van der Waals surface area contributed by atoms with E-state index in [1.54, 1.807) is 12.4 Å². The van der Waals surface area contributed by atoms with Gasteiger partial charge in [-0.05, 0) is 36.2 Å². The molecule has 0 radical (unpaired) electrons. The first-order valence-electron chi connectivity index (χ1n) is 6.14. The van der Waals surface area contributed by atoms with Crippen molar-refractivity contribution in [2.45, 2.75) is 13.5 Å². The molecule has 21 heavy (non-hydrogen) atoms. The first-order chi connectivity index (χ1) is 9.99. The summed E-state index contributed by atoms with van der Waals surface area (Å²) in [5.41, 5.74) is 1.73. The maximum absolute atomic E-state index is 10.9. The van der Waals surface area contributed by atoms with Crippen LogP contribution < -0.4 is 5.32 Å². The molecule has 0 aliphatic rings. The Labute approximate surface area is 120 Å². The lowest BCUT2D eigenvalue weighted by Gasteiger charge is -2.09. The normalized spacial score (nSPS) is 10.1. The first-order valence-corrected chi connectivity index (χ1v) is 6.14. The summed E-state index contributed by atoms with van der Waals surface area (Å²) in [6.07, 6.45) is 3.40. The molecule has 2 N–H and O–H groups in total. The van der Waals surface area contributed by atoms with Crippen molar-refractivity contribution in [2.75, 3.05) is 5.32 Å². The van der Waals surface area contributed by atoms with Crippen LogP contribution in [0.2, 0.25) is 0 Å². The van der Waals surface area contributed by atoms with Gasteiger partial charge in [0.1, 0.15) is 5.56 Å². The number of carbonyl (C=O) groups is 1. The molecule has 0 aliphatic heterocycles. The highest BCUT2D eigenvalue weighted by atomic mass is 16.6. The topological polar surface area (TPSA) is 105 Å². The molecule has 0 saturated carbocycles. The van der Waals surface area contributed by atoms with Crippen LogP contribution in [0.4, 0.5) is 11.4 Å². The molecule has 7 nitrogen and oxygen atoms in total. The second-order valence-electron chi connectivity index (χ2n) is 4.45. The lowest BCUT2D eigenvalue weighted by atomic mass is 10.1. The largest absolute Gasteiger partial charge is 0.477 e. The zero-order valence-corrected chi connectivity index (χ0v) is 11.2. The molecule has 2 rings (SSSR count). The van der Waals surface area contributed by atoms with Crippen molar-refractivity contribution in [3.05, 3.63) is 63.5 Å². The van der Waals surface area contributed by atoms with Gasteiger partial charge in [-0.15, -0.1) is 0 Å². The molecule has 0 saturated heterocycles. The van der Waals surface area contributed by atoms with Gasteiger partial charge in [-0.3, -0.25) is 15.1 Å². The van der Waals surface area contributed by atoms with Crippen molar-refractivity contribution in [1.29, 1.82) is 0 Å². The van der Waals surface area contributed by atoms with Crippen molar-refractivity contribution < 1.29 is 14.8 Å². The zero-order valence-electron chi connectivity index (χ0n) is 11.2. The van der Waals surface area contributed by atoms with Crippen molar-refractivity contribution in [3.8, 4) is 0 Å². The molecule has 1 aromatic heterocycles. The smallest absolute Gasteiger partial charge is 0.342 e. The summed E-state index contributed by atoms with van der Waals surface area (Å²) in [6, 6.07) is 5.81. The highest BCUT2D eigenvalue weighted by Gasteiger charge is 2.19. The number of nitrogens with zero attached hydrogens (tertiary/aromatic N) is 2. The zero-order chi connectivity index (χ0) is 15.4. The van der Waals surface area contributed by atoms with Crippen molar-refractivity contribution in [1.82, 2.24) is 4.98 Å². The molecular formula is C14H13N3O4. The number of aromatic carboxylic acids is 1. The third-order valence-corrected chi connectivity index (χ3v) is 3.06. The van der Waals surface area contributed by atoms with E-state index in [2.05, 4.69) is 10.3 Å². The Morgan fingerprint density at radius 1 is 1.43 bits per heavy atom. The second kappa shape index (κ2) is 6.00. The number of carboxylic acid groups (broad SMARTS) is 1. The van der Waals surface area contributed by atoms with Gasteiger partial charge in [0.25, 0.3) is 5.69 Å². The lowest BCUT2D eigenvalue weighted by Crippen LogP contribution is -2.05. The molecule has 0 unspecified atom stereocenters. The summed E-state index contributed by atoms with van der Waals surface area (Å²) in [4.78, 5) is 25.2.